The second-order valence-corrected chi connectivity index (χ2v) is 7.00. The lowest BCUT2D eigenvalue weighted by Crippen LogP contribution is -2.39. The molecular formula is C21H19BrN2O5. The van der Waals surface area contributed by atoms with E-state index >= 15 is 0 Å². The van der Waals surface area contributed by atoms with Crippen molar-refractivity contribution in [2.24, 2.45) is 0 Å². The fourth-order valence-electron chi connectivity index (χ4n) is 2.81. The number of esters is 2. The van der Waals surface area contributed by atoms with Gasteiger partial charge in [0.1, 0.15) is 6.54 Å². The second-order valence-electron chi connectivity index (χ2n) is 6.09. The Morgan fingerprint density at radius 2 is 1.83 bits per heavy atom. The molecule has 0 radical (unpaired) electrons. The topological polar surface area (TPSA) is 88.7 Å². The summed E-state index contributed by atoms with van der Waals surface area (Å²) in [5, 5.41) is 0.684. The van der Waals surface area contributed by atoms with Crippen LogP contribution in [0.2, 0.25) is 0 Å². The van der Waals surface area contributed by atoms with Gasteiger partial charge in [0.15, 0.2) is 6.61 Å². The van der Waals surface area contributed by atoms with Crippen LogP contribution in [0, 0.1) is 0 Å². The Kier molecular flexibility index (Phi) is 6.66. The van der Waals surface area contributed by atoms with E-state index in [0.717, 1.165) is 9.99 Å². The highest BCUT2D eigenvalue weighted by atomic mass is 79.9. The zero-order valence-electron chi connectivity index (χ0n) is 15.7. The van der Waals surface area contributed by atoms with Gasteiger partial charge in [-0.15, -0.1) is 0 Å². The van der Waals surface area contributed by atoms with Gasteiger partial charge in [-0.25, -0.2) is 4.79 Å². The molecule has 2 aromatic carbocycles. The minimum absolute atomic E-state index is 0.209. The highest BCUT2D eigenvalue weighted by Crippen LogP contribution is 2.23. The molecule has 3 aromatic rings. The number of fused-ring (bicyclic) bond motifs is 1. The summed E-state index contributed by atoms with van der Waals surface area (Å²) < 4.78 is 11.0. The van der Waals surface area contributed by atoms with E-state index in [2.05, 4.69) is 20.9 Å². The Balaban J connectivity index is 1.72. The van der Waals surface area contributed by atoms with Gasteiger partial charge in [0.2, 0.25) is 0 Å². The van der Waals surface area contributed by atoms with E-state index in [0.29, 0.717) is 16.6 Å². The summed E-state index contributed by atoms with van der Waals surface area (Å²) in [5.74, 6) is -1.71. The molecule has 0 aliphatic rings. The molecule has 0 unspecified atom stereocenters. The van der Waals surface area contributed by atoms with Gasteiger partial charge in [0.05, 0.1) is 12.2 Å². The summed E-state index contributed by atoms with van der Waals surface area (Å²) in [6.45, 7) is 1.12. The van der Waals surface area contributed by atoms with Crippen molar-refractivity contribution < 1.29 is 23.9 Å². The smallest absolute Gasteiger partial charge is 0.340 e. The maximum absolute atomic E-state index is 12.7. The normalized spacial score (nSPS) is 10.6. The van der Waals surface area contributed by atoms with Crippen LogP contribution in [0.5, 0.6) is 0 Å². The Morgan fingerprint density at radius 3 is 2.55 bits per heavy atom. The van der Waals surface area contributed by atoms with Gasteiger partial charge in [0, 0.05) is 27.3 Å². The van der Waals surface area contributed by atoms with Crippen LogP contribution in [0.15, 0.2) is 59.2 Å². The average Bonchev–Trinajstić information content (AvgIpc) is 3.14. The molecule has 0 saturated heterocycles. The first-order chi connectivity index (χ1) is 14.0. The minimum atomic E-state index is -0.633. The Morgan fingerprint density at radius 1 is 1.07 bits per heavy atom. The van der Waals surface area contributed by atoms with Crippen molar-refractivity contribution in [2.75, 3.05) is 24.7 Å². The van der Waals surface area contributed by atoms with Crippen LogP contribution >= 0.6 is 15.9 Å². The molecule has 0 saturated carbocycles. The van der Waals surface area contributed by atoms with E-state index in [4.69, 9.17) is 9.47 Å². The number of para-hydroxylation sites is 1. The fraction of sp³-hybridized carbons (Fsp3) is 0.190. The molecule has 0 bridgehead atoms. The van der Waals surface area contributed by atoms with Crippen molar-refractivity contribution in [2.45, 2.75) is 6.92 Å². The molecule has 1 amide bonds. The standard InChI is InChI=1S/C21H19BrN2O5/c1-2-28-20(26)12-24(15-6-4-3-5-7-15)19(25)13-29-21(27)17-11-23-18-9-8-14(22)10-16(17)18/h3-11,23H,2,12-13H2,1H3. The van der Waals surface area contributed by atoms with Crippen LogP contribution < -0.4 is 4.90 Å². The van der Waals surface area contributed by atoms with Crippen molar-refractivity contribution in [1.82, 2.24) is 4.98 Å². The number of nitrogens with zero attached hydrogens (tertiary/aromatic N) is 1. The number of hydrogen-bond acceptors (Lipinski definition) is 5. The fourth-order valence-corrected chi connectivity index (χ4v) is 3.17. The quantitative estimate of drug-likeness (QED) is 0.545. The van der Waals surface area contributed by atoms with Gasteiger partial charge >= 0.3 is 11.9 Å². The summed E-state index contributed by atoms with van der Waals surface area (Å²) in [7, 11) is 0. The Hall–Kier alpha value is -3.13. The van der Waals surface area contributed by atoms with Crippen LogP contribution in [0.4, 0.5) is 5.69 Å². The van der Waals surface area contributed by atoms with Crippen molar-refractivity contribution in [3.63, 3.8) is 0 Å². The summed E-state index contributed by atoms with van der Waals surface area (Å²) in [4.78, 5) is 41.3. The van der Waals surface area contributed by atoms with Gasteiger partial charge < -0.3 is 14.5 Å². The summed E-state index contributed by atoms with van der Waals surface area (Å²) in [6.07, 6.45) is 1.54. The molecule has 8 heteroatoms. The number of hydrogen-bond donors (Lipinski definition) is 1. The lowest BCUT2D eigenvalue weighted by molar-refractivity contribution is -0.142. The highest BCUT2D eigenvalue weighted by Gasteiger charge is 2.22. The largest absolute Gasteiger partial charge is 0.465 e. The first-order valence-electron chi connectivity index (χ1n) is 8.94. The minimum Gasteiger partial charge on any atom is -0.465 e. The van der Waals surface area contributed by atoms with E-state index in [1.807, 2.05) is 12.1 Å². The number of amides is 1. The van der Waals surface area contributed by atoms with Gasteiger partial charge in [0.25, 0.3) is 5.91 Å². The second kappa shape index (κ2) is 9.38. The van der Waals surface area contributed by atoms with Crippen LogP contribution in [-0.4, -0.2) is 42.6 Å². The zero-order chi connectivity index (χ0) is 20.8. The van der Waals surface area contributed by atoms with Crippen LogP contribution in [0.1, 0.15) is 17.3 Å². The maximum atomic E-state index is 12.7. The lowest BCUT2D eigenvalue weighted by Gasteiger charge is -2.21. The van der Waals surface area contributed by atoms with Crippen molar-refractivity contribution in [3.8, 4) is 0 Å². The molecule has 1 aromatic heterocycles. The van der Waals surface area contributed by atoms with Crippen molar-refractivity contribution in [3.05, 3.63) is 64.8 Å². The monoisotopic (exact) mass is 458 g/mol. The number of anilines is 1. The third-order valence-corrected chi connectivity index (χ3v) is 4.65. The zero-order valence-corrected chi connectivity index (χ0v) is 17.3. The van der Waals surface area contributed by atoms with Crippen LogP contribution in [0.3, 0.4) is 0 Å². The predicted molar refractivity (Wildman–Crippen MR) is 112 cm³/mol. The van der Waals surface area contributed by atoms with E-state index < -0.39 is 24.5 Å². The molecule has 0 fully saturated rings. The number of carbonyl (C=O) groups is 3. The molecule has 29 heavy (non-hydrogen) atoms. The van der Waals surface area contributed by atoms with Gasteiger partial charge in [-0.1, -0.05) is 34.1 Å². The number of aromatic nitrogens is 1. The summed E-state index contributed by atoms with van der Waals surface area (Å²) >= 11 is 3.37. The van der Waals surface area contributed by atoms with Crippen molar-refractivity contribution >= 4 is 50.4 Å². The maximum Gasteiger partial charge on any atom is 0.340 e. The lowest BCUT2D eigenvalue weighted by atomic mass is 10.2. The molecule has 1 heterocycles. The molecule has 0 spiro atoms. The number of benzene rings is 2. The molecule has 0 atom stereocenters. The third kappa shape index (κ3) is 5.03. The summed E-state index contributed by atoms with van der Waals surface area (Å²) in [6, 6.07) is 14.1. The number of halogens is 1. The molecular weight excluding hydrogens is 440 g/mol. The first-order valence-corrected chi connectivity index (χ1v) is 9.73. The van der Waals surface area contributed by atoms with E-state index in [1.54, 1.807) is 43.3 Å². The van der Waals surface area contributed by atoms with E-state index in [1.165, 1.54) is 11.1 Å². The Bertz CT molecular complexity index is 1030. The average molecular weight is 459 g/mol. The van der Waals surface area contributed by atoms with Crippen molar-refractivity contribution in [1.29, 1.82) is 0 Å². The number of nitrogens with one attached hydrogen (secondary N) is 1. The molecule has 3 rings (SSSR count). The van der Waals surface area contributed by atoms with Crippen LogP contribution in [0.25, 0.3) is 10.9 Å². The predicted octanol–water partition coefficient (Wildman–Crippen LogP) is 3.68. The van der Waals surface area contributed by atoms with Gasteiger partial charge in [-0.3, -0.25) is 14.5 Å². The number of aromatic amines is 1. The number of carbonyl (C=O) groups excluding carboxylic acids is 3. The SMILES string of the molecule is CCOC(=O)CN(C(=O)COC(=O)c1c[nH]c2ccc(Br)cc12)c1ccccc1. The molecule has 0 aliphatic heterocycles. The highest BCUT2D eigenvalue weighted by molar-refractivity contribution is 9.10. The number of rotatable bonds is 7. The third-order valence-electron chi connectivity index (χ3n) is 4.15. The number of H-pyrrole nitrogens is 1. The molecule has 150 valence electrons. The van der Waals surface area contributed by atoms with Gasteiger partial charge in [-0.05, 0) is 37.3 Å². The Labute approximate surface area is 175 Å². The van der Waals surface area contributed by atoms with Crippen LogP contribution in [-0.2, 0) is 19.1 Å². The number of ether oxygens (including phenoxy) is 2. The molecule has 1 N–H and O–H groups in total. The molecule has 7 nitrogen and oxygen atoms in total. The van der Waals surface area contributed by atoms with E-state index in [-0.39, 0.29) is 13.2 Å². The summed E-state index contributed by atoms with van der Waals surface area (Å²) in [5.41, 5.74) is 1.61. The van der Waals surface area contributed by atoms with Gasteiger partial charge in [-0.2, -0.15) is 0 Å². The first kappa shape index (κ1) is 20.6. The molecule has 0 aliphatic carbocycles. The van der Waals surface area contributed by atoms with E-state index in [9.17, 15) is 14.4 Å².